The Bertz CT molecular complexity index is 975. The van der Waals surface area contributed by atoms with Crippen molar-refractivity contribution in [1.29, 1.82) is 0 Å². The maximum absolute atomic E-state index is 12.4. The third-order valence-electron chi connectivity index (χ3n) is 4.49. The number of hydrogen-bond donors (Lipinski definition) is 2. The number of carbonyl (C=O) groups is 2. The summed E-state index contributed by atoms with van der Waals surface area (Å²) < 4.78 is 3.19. The Morgan fingerprint density at radius 2 is 1.85 bits per heavy atom. The molecule has 0 spiro atoms. The number of aromatic carboxylic acids is 1. The van der Waals surface area contributed by atoms with Gasteiger partial charge in [0.1, 0.15) is 6.04 Å². The second-order valence-corrected chi connectivity index (χ2v) is 6.28. The molecule has 140 valence electrons. The van der Waals surface area contributed by atoms with Gasteiger partial charge >= 0.3 is 5.97 Å². The second-order valence-electron chi connectivity index (χ2n) is 6.28. The number of aryl methyl sites for hydroxylation is 1. The number of nitrogens with zero attached hydrogens (tertiary/aromatic N) is 4. The van der Waals surface area contributed by atoms with Gasteiger partial charge in [-0.1, -0.05) is 18.2 Å². The summed E-state index contributed by atoms with van der Waals surface area (Å²) in [5.74, 6) is -1.37. The maximum Gasteiger partial charge on any atom is 0.356 e. The van der Waals surface area contributed by atoms with Crippen molar-refractivity contribution in [2.75, 3.05) is 0 Å². The molecule has 27 heavy (non-hydrogen) atoms. The van der Waals surface area contributed by atoms with Gasteiger partial charge in [-0.3, -0.25) is 9.48 Å². The first-order chi connectivity index (χ1) is 12.9. The molecule has 1 aromatic carbocycles. The van der Waals surface area contributed by atoms with Gasteiger partial charge in [0.15, 0.2) is 5.69 Å². The van der Waals surface area contributed by atoms with E-state index in [0.717, 1.165) is 22.6 Å². The van der Waals surface area contributed by atoms with Crippen LogP contribution in [0.15, 0.2) is 42.6 Å². The minimum Gasteiger partial charge on any atom is -0.476 e. The molecule has 0 saturated carbocycles. The second kappa shape index (κ2) is 7.45. The predicted octanol–water partition coefficient (Wildman–Crippen LogP) is 2.26. The topological polar surface area (TPSA) is 102 Å². The summed E-state index contributed by atoms with van der Waals surface area (Å²) in [7, 11) is 0. The lowest BCUT2D eigenvalue weighted by atomic mass is 10.2. The number of rotatable bonds is 6. The van der Waals surface area contributed by atoms with Gasteiger partial charge in [0.2, 0.25) is 5.91 Å². The number of amides is 1. The first-order valence-corrected chi connectivity index (χ1v) is 8.55. The van der Waals surface area contributed by atoms with Crippen molar-refractivity contribution in [1.82, 2.24) is 24.9 Å². The molecule has 8 nitrogen and oxygen atoms in total. The van der Waals surface area contributed by atoms with Gasteiger partial charge in [-0.15, -0.1) is 0 Å². The summed E-state index contributed by atoms with van der Waals surface area (Å²) in [6.07, 6.45) is 1.48. The highest BCUT2D eigenvalue weighted by Crippen LogP contribution is 2.18. The van der Waals surface area contributed by atoms with Gasteiger partial charge in [0.25, 0.3) is 0 Å². The van der Waals surface area contributed by atoms with Crippen molar-refractivity contribution in [3.8, 4) is 5.69 Å². The molecule has 3 rings (SSSR count). The van der Waals surface area contributed by atoms with Crippen LogP contribution < -0.4 is 5.32 Å². The van der Waals surface area contributed by atoms with Crippen molar-refractivity contribution in [3.05, 3.63) is 65.2 Å². The number of benzene rings is 1. The standard InChI is InChI=1S/C19H21N5O3/c1-12-16(13(2)24(21-12)15-7-5-4-6-8-15)11-20-18(25)14(3)23-10-9-17(22-23)19(26)27/h4-10,14H,11H2,1-3H3,(H,20,25)(H,26,27). The normalized spacial score (nSPS) is 12.0. The minimum atomic E-state index is -1.12. The molecule has 1 unspecified atom stereocenters. The van der Waals surface area contributed by atoms with E-state index >= 15 is 0 Å². The summed E-state index contributed by atoms with van der Waals surface area (Å²) in [4.78, 5) is 23.4. The van der Waals surface area contributed by atoms with Gasteiger partial charge in [0.05, 0.1) is 11.4 Å². The highest BCUT2D eigenvalue weighted by molar-refractivity contribution is 5.85. The summed E-state index contributed by atoms with van der Waals surface area (Å²) >= 11 is 0. The van der Waals surface area contributed by atoms with Crippen LogP contribution in [0.2, 0.25) is 0 Å². The fourth-order valence-corrected chi connectivity index (χ4v) is 2.86. The summed E-state index contributed by atoms with van der Waals surface area (Å²) in [6.45, 7) is 5.87. The molecule has 0 aliphatic rings. The zero-order chi connectivity index (χ0) is 19.6. The van der Waals surface area contributed by atoms with E-state index in [1.54, 1.807) is 6.92 Å². The summed E-state index contributed by atoms with van der Waals surface area (Å²) in [6, 6.07) is 10.5. The van der Waals surface area contributed by atoms with Gasteiger partial charge in [-0.05, 0) is 39.0 Å². The lowest BCUT2D eigenvalue weighted by molar-refractivity contribution is -0.124. The lowest BCUT2D eigenvalue weighted by Crippen LogP contribution is -2.31. The number of aromatic nitrogens is 4. The van der Waals surface area contributed by atoms with E-state index in [1.165, 1.54) is 16.9 Å². The molecule has 1 atom stereocenters. The van der Waals surface area contributed by atoms with E-state index in [-0.39, 0.29) is 11.6 Å². The quantitative estimate of drug-likeness (QED) is 0.696. The monoisotopic (exact) mass is 367 g/mol. The van der Waals surface area contributed by atoms with E-state index in [9.17, 15) is 9.59 Å². The van der Waals surface area contributed by atoms with Crippen molar-refractivity contribution in [2.45, 2.75) is 33.4 Å². The first-order valence-electron chi connectivity index (χ1n) is 8.55. The molecule has 3 aromatic rings. The van der Waals surface area contributed by atoms with Crippen molar-refractivity contribution >= 4 is 11.9 Å². The molecule has 0 bridgehead atoms. The molecular weight excluding hydrogens is 346 g/mol. The van der Waals surface area contributed by atoms with Crippen LogP contribution >= 0.6 is 0 Å². The number of carboxylic acid groups (broad SMARTS) is 1. The van der Waals surface area contributed by atoms with Crippen molar-refractivity contribution in [3.63, 3.8) is 0 Å². The molecule has 0 saturated heterocycles. The van der Waals surface area contributed by atoms with Crippen LogP contribution in [-0.4, -0.2) is 36.5 Å². The van der Waals surface area contributed by atoms with Crippen molar-refractivity contribution < 1.29 is 14.7 Å². The minimum absolute atomic E-state index is 0.0922. The molecule has 0 aliphatic heterocycles. The van der Waals surface area contributed by atoms with Crippen LogP contribution in [0.25, 0.3) is 5.69 Å². The maximum atomic E-state index is 12.4. The van der Waals surface area contributed by atoms with Gasteiger partial charge in [-0.25, -0.2) is 9.48 Å². The van der Waals surface area contributed by atoms with Gasteiger partial charge in [-0.2, -0.15) is 10.2 Å². The van der Waals surface area contributed by atoms with Gasteiger partial charge < -0.3 is 10.4 Å². The molecule has 2 heterocycles. The lowest BCUT2D eigenvalue weighted by Gasteiger charge is -2.13. The summed E-state index contributed by atoms with van der Waals surface area (Å²) in [5, 5.41) is 20.3. The largest absolute Gasteiger partial charge is 0.476 e. The third-order valence-corrected chi connectivity index (χ3v) is 4.49. The Kier molecular flexibility index (Phi) is 5.07. The van der Waals surface area contributed by atoms with Gasteiger partial charge in [0, 0.05) is 24.0 Å². The highest BCUT2D eigenvalue weighted by atomic mass is 16.4. The molecule has 2 aromatic heterocycles. The molecule has 0 fully saturated rings. The Hall–Kier alpha value is -3.42. The SMILES string of the molecule is Cc1nn(-c2ccccc2)c(C)c1CNC(=O)C(C)n1ccc(C(=O)O)n1. The van der Waals surface area contributed by atoms with E-state index in [0.29, 0.717) is 6.54 Å². The predicted molar refractivity (Wildman–Crippen MR) is 98.8 cm³/mol. The van der Waals surface area contributed by atoms with Crippen LogP contribution in [0.5, 0.6) is 0 Å². The van der Waals surface area contributed by atoms with Crippen LogP contribution in [0, 0.1) is 13.8 Å². The fourth-order valence-electron chi connectivity index (χ4n) is 2.86. The van der Waals surface area contributed by atoms with E-state index in [2.05, 4.69) is 15.5 Å². The molecule has 0 radical (unpaired) electrons. The Labute approximate surface area is 156 Å². The zero-order valence-corrected chi connectivity index (χ0v) is 15.4. The highest BCUT2D eigenvalue weighted by Gasteiger charge is 2.19. The first kappa shape index (κ1) is 18.4. The molecule has 8 heteroatoms. The number of para-hydroxylation sites is 1. The zero-order valence-electron chi connectivity index (χ0n) is 15.4. The Balaban J connectivity index is 1.72. The molecule has 1 amide bonds. The molecule has 0 aliphatic carbocycles. The average Bonchev–Trinajstić information content (AvgIpc) is 3.26. The third kappa shape index (κ3) is 3.74. The molecule has 2 N–H and O–H groups in total. The van der Waals surface area contributed by atoms with Crippen LogP contribution in [0.1, 0.15) is 40.4 Å². The molecular formula is C19H21N5O3. The van der Waals surface area contributed by atoms with Crippen LogP contribution in [0.3, 0.4) is 0 Å². The van der Waals surface area contributed by atoms with E-state index in [1.807, 2.05) is 48.9 Å². The summed E-state index contributed by atoms with van der Waals surface area (Å²) in [5.41, 5.74) is 3.62. The van der Waals surface area contributed by atoms with E-state index in [4.69, 9.17) is 5.11 Å². The number of hydrogen-bond acceptors (Lipinski definition) is 4. The van der Waals surface area contributed by atoms with E-state index < -0.39 is 12.0 Å². The Morgan fingerprint density at radius 3 is 2.48 bits per heavy atom. The Morgan fingerprint density at radius 1 is 1.15 bits per heavy atom. The fraction of sp³-hybridized carbons (Fsp3) is 0.263. The average molecular weight is 367 g/mol. The smallest absolute Gasteiger partial charge is 0.356 e. The number of carbonyl (C=O) groups excluding carboxylic acids is 1. The van der Waals surface area contributed by atoms with Crippen LogP contribution in [0.4, 0.5) is 0 Å². The number of carboxylic acids is 1. The van der Waals surface area contributed by atoms with Crippen molar-refractivity contribution in [2.24, 2.45) is 0 Å². The van der Waals surface area contributed by atoms with Crippen LogP contribution in [-0.2, 0) is 11.3 Å². The number of nitrogens with one attached hydrogen (secondary N) is 1.